The zero-order valence-electron chi connectivity index (χ0n) is 23.3. The number of hydrogen-bond donors (Lipinski definition) is 3. The number of nitrogens with one attached hydrogen (secondary N) is 2. The van der Waals surface area contributed by atoms with Crippen LogP contribution in [0, 0.1) is 0 Å². The molecule has 10 nitrogen and oxygen atoms in total. The number of amides is 3. The summed E-state index contributed by atoms with van der Waals surface area (Å²) in [5.41, 5.74) is 2.86. The second-order valence-corrected chi connectivity index (χ2v) is 11.1. The number of carbonyl (C=O) groups is 4. The van der Waals surface area contributed by atoms with Crippen LogP contribution in [0.4, 0.5) is 11.4 Å². The molecule has 2 aromatic carbocycles. The van der Waals surface area contributed by atoms with Gasteiger partial charge in [0.05, 0.1) is 35.8 Å². The van der Waals surface area contributed by atoms with Crippen molar-refractivity contribution in [2.75, 3.05) is 36.4 Å². The van der Waals surface area contributed by atoms with Crippen molar-refractivity contribution in [1.82, 2.24) is 15.2 Å². The summed E-state index contributed by atoms with van der Waals surface area (Å²) < 4.78 is 0. The van der Waals surface area contributed by atoms with Crippen LogP contribution in [0.1, 0.15) is 43.6 Å². The first-order chi connectivity index (χ1) is 20.9. The Labute approximate surface area is 253 Å². The summed E-state index contributed by atoms with van der Waals surface area (Å²) in [6, 6.07) is 20.8. The molecule has 2 aromatic heterocycles. The van der Waals surface area contributed by atoms with Crippen LogP contribution in [0.2, 0.25) is 0 Å². The Balaban J connectivity index is 1.35. The molecule has 3 amide bonds. The van der Waals surface area contributed by atoms with Crippen LogP contribution in [0.15, 0.2) is 90.6 Å². The number of piperazine rings is 1. The standard InChI is InChI=1S/C32H31N5O5S/c38-29(18-22-6-2-1-3-7-22)34-25-19-23(31(41)35-26(20-30(39)40)28-9-5-17-43-28)10-11-27(25)36-13-15-37(16-14-36)32(42)24-8-4-12-33-21-24/h1-12,17,19,21,26H,13-16,18,20H2,(H,34,38)(H,35,41)(H,39,40). The van der Waals surface area contributed by atoms with Crippen molar-refractivity contribution >= 4 is 46.4 Å². The summed E-state index contributed by atoms with van der Waals surface area (Å²) in [6.45, 7) is 2.01. The molecular formula is C32H31N5O5S. The van der Waals surface area contributed by atoms with E-state index < -0.39 is 17.9 Å². The number of carboxylic acids is 1. The highest BCUT2D eigenvalue weighted by Gasteiger charge is 2.26. The summed E-state index contributed by atoms with van der Waals surface area (Å²) >= 11 is 1.37. The van der Waals surface area contributed by atoms with Gasteiger partial charge in [0.1, 0.15) is 0 Å². The minimum Gasteiger partial charge on any atom is -0.481 e. The Morgan fingerprint density at radius 2 is 1.70 bits per heavy atom. The number of anilines is 2. The van der Waals surface area contributed by atoms with E-state index in [2.05, 4.69) is 20.5 Å². The molecule has 0 saturated carbocycles. The summed E-state index contributed by atoms with van der Waals surface area (Å²) in [5, 5.41) is 17.0. The van der Waals surface area contributed by atoms with Crippen LogP contribution in [0.3, 0.4) is 0 Å². The smallest absolute Gasteiger partial charge is 0.305 e. The topological polar surface area (TPSA) is 132 Å². The van der Waals surface area contributed by atoms with Crippen molar-refractivity contribution in [3.63, 3.8) is 0 Å². The summed E-state index contributed by atoms with van der Waals surface area (Å²) in [4.78, 5) is 59.5. The van der Waals surface area contributed by atoms with E-state index in [1.165, 1.54) is 11.3 Å². The zero-order chi connectivity index (χ0) is 30.2. The number of benzene rings is 2. The lowest BCUT2D eigenvalue weighted by Crippen LogP contribution is -2.49. The Hall–Kier alpha value is -5.03. The molecule has 1 fully saturated rings. The molecule has 1 aliphatic heterocycles. The van der Waals surface area contributed by atoms with E-state index in [0.29, 0.717) is 37.4 Å². The minimum atomic E-state index is -1.02. The number of hydrogen-bond acceptors (Lipinski definition) is 7. The fourth-order valence-corrected chi connectivity index (χ4v) is 5.76. The molecule has 1 unspecified atom stereocenters. The number of nitrogens with zero attached hydrogens (tertiary/aromatic N) is 3. The van der Waals surface area contributed by atoms with Gasteiger partial charge in [-0.1, -0.05) is 36.4 Å². The van der Waals surface area contributed by atoms with Gasteiger partial charge in [0.25, 0.3) is 11.8 Å². The van der Waals surface area contributed by atoms with Crippen LogP contribution in [-0.2, 0) is 16.0 Å². The lowest BCUT2D eigenvalue weighted by molar-refractivity contribution is -0.137. The van der Waals surface area contributed by atoms with Crippen molar-refractivity contribution in [2.45, 2.75) is 18.9 Å². The molecule has 5 rings (SSSR count). The van der Waals surface area contributed by atoms with Gasteiger partial charge in [-0.15, -0.1) is 11.3 Å². The molecule has 4 aromatic rings. The first kappa shape index (κ1) is 29.5. The SMILES string of the molecule is O=C(O)CC(NC(=O)c1ccc(N2CCN(C(=O)c3cccnc3)CC2)c(NC(=O)Cc2ccccc2)c1)c1cccs1. The zero-order valence-corrected chi connectivity index (χ0v) is 24.1. The van der Waals surface area contributed by atoms with Gasteiger partial charge in [0.2, 0.25) is 5.91 Å². The monoisotopic (exact) mass is 597 g/mol. The van der Waals surface area contributed by atoms with E-state index in [1.54, 1.807) is 59.8 Å². The number of carbonyl (C=O) groups excluding carboxylic acids is 3. The van der Waals surface area contributed by atoms with Crippen molar-refractivity contribution in [2.24, 2.45) is 0 Å². The Morgan fingerprint density at radius 1 is 0.907 bits per heavy atom. The third kappa shape index (κ3) is 7.63. The molecule has 1 saturated heterocycles. The highest BCUT2D eigenvalue weighted by atomic mass is 32.1. The molecule has 3 N–H and O–H groups in total. The minimum absolute atomic E-state index is 0.0854. The van der Waals surface area contributed by atoms with Crippen LogP contribution in [-0.4, -0.2) is 64.9 Å². The van der Waals surface area contributed by atoms with E-state index in [1.807, 2.05) is 35.7 Å². The van der Waals surface area contributed by atoms with Gasteiger partial charge in [0.15, 0.2) is 0 Å². The second-order valence-electron chi connectivity index (χ2n) is 10.1. The largest absolute Gasteiger partial charge is 0.481 e. The molecule has 0 radical (unpaired) electrons. The number of pyridine rings is 1. The van der Waals surface area contributed by atoms with Crippen molar-refractivity contribution < 1.29 is 24.3 Å². The predicted molar refractivity (Wildman–Crippen MR) is 164 cm³/mol. The van der Waals surface area contributed by atoms with Gasteiger partial charge in [-0.3, -0.25) is 24.2 Å². The maximum atomic E-state index is 13.3. The van der Waals surface area contributed by atoms with Gasteiger partial charge in [0, 0.05) is 49.0 Å². The summed E-state index contributed by atoms with van der Waals surface area (Å²) in [5.74, 6) is -1.80. The van der Waals surface area contributed by atoms with Gasteiger partial charge in [-0.2, -0.15) is 0 Å². The maximum absolute atomic E-state index is 13.3. The molecule has 220 valence electrons. The highest BCUT2D eigenvalue weighted by Crippen LogP contribution is 2.30. The van der Waals surface area contributed by atoms with E-state index >= 15 is 0 Å². The quantitative estimate of drug-likeness (QED) is 0.249. The van der Waals surface area contributed by atoms with Crippen molar-refractivity contribution in [1.29, 1.82) is 0 Å². The molecule has 1 atom stereocenters. The number of carboxylic acid groups (broad SMARTS) is 1. The fraction of sp³-hybridized carbons (Fsp3) is 0.219. The number of aromatic nitrogens is 1. The van der Waals surface area contributed by atoms with E-state index in [4.69, 9.17) is 0 Å². The average Bonchev–Trinajstić information content (AvgIpc) is 3.56. The molecular weight excluding hydrogens is 566 g/mol. The van der Waals surface area contributed by atoms with Crippen LogP contribution in [0.25, 0.3) is 0 Å². The van der Waals surface area contributed by atoms with Crippen LogP contribution >= 0.6 is 11.3 Å². The predicted octanol–water partition coefficient (Wildman–Crippen LogP) is 4.23. The molecule has 3 heterocycles. The van der Waals surface area contributed by atoms with Crippen LogP contribution < -0.4 is 15.5 Å². The summed E-state index contributed by atoms with van der Waals surface area (Å²) in [6.07, 6.45) is 3.08. The Morgan fingerprint density at radius 3 is 2.37 bits per heavy atom. The van der Waals surface area contributed by atoms with E-state index in [9.17, 15) is 24.3 Å². The van der Waals surface area contributed by atoms with E-state index in [-0.39, 0.29) is 30.2 Å². The summed E-state index contributed by atoms with van der Waals surface area (Å²) in [7, 11) is 0. The van der Waals surface area contributed by atoms with Crippen molar-refractivity contribution in [3.8, 4) is 0 Å². The molecule has 0 bridgehead atoms. The van der Waals surface area contributed by atoms with Crippen LogP contribution in [0.5, 0.6) is 0 Å². The first-order valence-corrected chi connectivity index (χ1v) is 14.7. The molecule has 43 heavy (non-hydrogen) atoms. The fourth-order valence-electron chi connectivity index (χ4n) is 4.98. The average molecular weight is 598 g/mol. The normalized spacial score (nSPS) is 13.7. The molecule has 11 heteroatoms. The van der Waals surface area contributed by atoms with Crippen molar-refractivity contribution in [3.05, 3.63) is 112 Å². The van der Waals surface area contributed by atoms with E-state index in [0.717, 1.165) is 16.1 Å². The van der Waals surface area contributed by atoms with Gasteiger partial charge in [-0.25, -0.2) is 0 Å². The number of thiophene rings is 1. The third-order valence-corrected chi connectivity index (χ3v) is 8.11. The highest BCUT2D eigenvalue weighted by molar-refractivity contribution is 7.10. The van der Waals surface area contributed by atoms with Gasteiger partial charge in [-0.05, 0) is 47.3 Å². The Bertz CT molecular complexity index is 1570. The van der Waals surface area contributed by atoms with Gasteiger partial charge >= 0.3 is 5.97 Å². The Kier molecular flexibility index (Phi) is 9.42. The number of rotatable bonds is 10. The maximum Gasteiger partial charge on any atom is 0.305 e. The van der Waals surface area contributed by atoms with Gasteiger partial charge < -0.3 is 25.5 Å². The third-order valence-electron chi connectivity index (χ3n) is 7.13. The first-order valence-electron chi connectivity index (χ1n) is 13.9. The number of aliphatic carboxylic acids is 1. The molecule has 1 aliphatic rings. The lowest BCUT2D eigenvalue weighted by atomic mass is 10.1. The molecule has 0 aliphatic carbocycles. The molecule has 0 spiro atoms. The second kappa shape index (κ2) is 13.8. The lowest BCUT2D eigenvalue weighted by Gasteiger charge is -2.37.